The van der Waals surface area contributed by atoms with Gasteiger partial charge in [-0.15, -0.1) is 0 Å². The van der Waals surface area contributed by atoms with Gasteiger partial charge in [0.1, 0.15) is 0 Å². The molecule has 0 aromatic carbocycles. The number of carbonyl (C=O) groups excluding carboxylic acids is 1. The molecule has 0 spiro atoms. The van der Waals surface area contributed by atoms with Crippen molar-refractivity contribution in [3.05, 3.63) is 0 Å². The molecule has 1 saturated heterocycles. The van der Waals surface area contributed by atoms with Crippen LogP contribution in [0.5, 0.6) is 0 Å². The molecule has 1 heterocycles. The van der Waals surface area contributed by atoms with E-state index in [9.17, 15) is 4.79 Å². The minimum absolute atomic E-state index is 0.0685. The van der Waals surface area contributed by atoms with Crippen LogP contribution in [0, 0.1) is 0 Å². The Morgan fingerprint density at radius 2 is 2.06 bits per heavy atom. The summed E-state index contributed by atoms with van der Waals surface area (Å²) < 4.78 is 0. The van der Waals surface area contributed by atoms with Crippen molar-refractivity contribution in [2.75, 3.05) is 20.1 Å². The Bertz CT molecular complexity index is 253. The second-order valence-corrected chi connectivity index (χ2v) is 5.50. The van der Waals surface area contributed by atoms with Gasteiger partial charge in [0.15, 0.2) is 0 Å². The molecule has 0 aromatic rings. The fourth-order valence-corrected chi connectivity index (χ4v) is 2.42. The van der Waals surface area contributed by atoms with Gasteiger partial charge in [-0.25, -0.2) is 0 Å². The zero-order valence-electron chi connectivity index (χ0n) is 11.6. The molecular formula is C13H27N3O. The molecule has 0 bridgehead atoms. The van der Waals surface area contributed by atoms with Gasteiger partial charge in [-0.1, -0.05) is 6.42 Å². The van der Waals surface area contributed by atoms with Crippen molar-refractivity contribution in [3.63, 3.8) is 0 Å². The molecule has 0 aliphatic carbocycles. The first kappa shape index (κ1) is 14.5. The molecule has 0 saturated carbocycles. The number of hydrogen-bond donors (Lipinski definition) is 1. The molecule has 1 rings (SSSR count). The summed E-state index contributed by atoms with van der Waals surface area (Å²) in [6.07, 6.45) is 3.73. The normalized spacial score (nSPS) is 23.8. The summed E-state index contributed by atoms with van der Waals surface area (Å²) in [5, 5.41) is 0. The number of nitrogens with zero attached hydrogens (tertiary/aromatic N) is 2. The Hall–Kier alpha value is -0.610. The fourth-order valence-electron chi connectivity index (χ4n) is 2.42. The zero-order chi connectivity index (χ0) is 13.0. The lowest BCUT2D eigenvalue weighted by molar-refractivity contribution is -0.135. The van der Waals surface area contributed by atoms with Crippen LogP contribution in [0.25, 0.3) is 0 Å². The highest BCUT2D eigenvalue weighted by molar-refractivity contribution is 5.81. The molecule has 1 aliphatic heterocycles. The van der Waals surface area contributed by atoms with Gasteiger partial charge < -0.3 is 15.5 Å². The maximum absolute atomic E-state index is 12.0. The number of carbonyl (C=O) groups is 1. The van der Waals surface area contributed by atoms with E-state index in [-0.39, 0.29) is 11.9 Å². The third kappa shape index (κ3) is 3.96. The van der Waals surface area contributed by atoms with E-state index in [2.05, 4.69) is 25.8 Å². The molecule has 4 heteroatoms. The Morgan fingerprint density at radius 1 is 1.41 bits per heavy atom. The van der Waals surface area contributed by atoms with Gasteiger partial charge in [-0.2, -0.15) is 0 Å². The van der Waals surface area contributed by atoms with Crippen molar-refractivity contribution in [1.29, 1.82) is 0 Å². The quantitative estimate of drug-likeness (QED) is 0.800. The summed E-state index contributed by atoms with van der Waals surface area (Å²) >= 11 is 0. The molecule has 1 amide bonds. The van der Waals surface area contributed by atoms with Gasteiger partial charge in [-0.3, -0.25) is 4.79 Å². The molecule has 4 nitrogen and oxygen atoms in total. The number of nitrogens with two attached hydrogens (primary N) is 1. The van der Waals surface area contributed by atoms with Crippen molar-refractivity contribution >= 4 is 5.91 Å². The fraction of sp³-hybridized carbons (Fsp3) is 0.923. The molecule has 17 heavy (non-hydrogen) atoms. The summed E-state index contributed by atoms with van der Waals surface area (Å²) in [7, 11) is 2.15. The van der Waals surface area contributed by atoms with Crippen molar-refractivity contribution in [2.24, 2.45) is 5.73 Å². The number of likely N-dealkylation sites (tertiary alicyclic amines) is 1. The van der Waals surface area contributed by atoms with Gasteiger partial charge in [0, 0.05) is 18.6 Å². The minimum atomic E-state index is -0.397. The molecule has 1 aliphatic rings. The van der Waals surface area contributed by atoms with Crippen LogP contribution in [0.4, 0.5) is 0 Å². The number of hydrogen-bond acceptors (Lipinski definition) is 3. The van der Waals surface area contributed by atoms with E-state index in [1.165, 1.54) is 19.3 Å². The highest BCUT2D eigenvalue weighted by Crippen LogP contribution is 2.17. The second-order valence-electron chi connectivity index (χ2n) is 5.50. The van der Waals surface area contributed by atoms with E-state index < -0.39 is 6.04 Å². The van der Waals surface area contributed by atoms with E-state index in [1.54, 1.807) is 6.92 Å². The van der Waals surface area contributed by atoms with Gasteiger partial charge in [0.2, 0.25) is 5.91 Å². The maximum atomic E-state index is 12.0. The third-order valence-electron chi connectivity index (χ3n) is 3.62. The number of rotatable bonds is 4. The standard InChI is InChI=1S/C13H27N3O/c1-10(2)16(13(17)11(3)14)9-12-7-5-6-8-15(12)4/h10-12H,5-9,14H2,1-4H3/t11?,12-/m0/s1. The third-order valence-corrected chi connectivity index (χ3v) is 3.62. The van der Waals surface area contributed by atoms with Gasteiger partial charge in [-0.05, 0) is 47.2 Å². The predicted molar refractivity (Wildman–Crippen MR) is 70.8 cm³/mol. The lowest BCUT2D eigenvalue weighted by Gasteiger charge is -2.38. The van der Waals surface area contributed by atoms with Gasteiger partial charge in [0.05, 0.1) is 6.04 Å². The molecule has 0 radical (unpaired) electrons. The van der Waals surface area contributed by atoms with Crippen LogP contribution in [0.2, 0.25) is 0 Å². The van der Waals surface area contributed by atoms with Crippen LogP contribution < -0.4 is 5.73 Å². The highest BCUT2D eigenvalue weighted by Gasteiger charge is 2.26. The zero-order valence-corrected chi connectivity index (χ0v) is 11.6. The number of piperidine rings is 1. The van der Waals surface area contributed by atoms with Crippen molar-refractivity contribution in [1.82, 2.24) is 9.80 Å². The lowest BCUT2D eigenvalue weighted by atomic mass is 10.0. The summed E-state index contributed by atoms with van der Waals surface area (Å²) in [5.41, 5.74) is 5.71. The Labute approximate surface area is 105 Å². The van der Waals surface area contributed by atoms with Crippen LogP contribution in [0.15, 0.2) is 0 Å². The van der Waals surface area contributed by atoms with Crippen molar-refractivity contribution in [2.45, 2.75) is 58.2 Å². The molecule has 1 fully saturated rings. The van der Waals surface area contributed by atoms with Gasteiger partial charge >= 0.3 is 0 Å². The van der Waals surface area contributed by atoms with E-state index in [1.807, 2.05) is 4.90 Å². The average molecular weight is 241 g/mol. The first-order valence-electron chi connectivity index (χ1n) is 6.69. The molecule has 0 aromatic heterocycles. The topological polar surface area (TPSA) is 49.6 Å². The molecular weight excluding hydrogens is 214 g/mol. The summed E-state index contributed by atoms with van der Waals surface area (Å²) in [5.74, 6) is 0.0685. The van der Waals surface area contributed by atoms with E-state index >= 15 is 0 Å². The van der Waals surface area contributed by atoms with Crippen molar-refractivity contribution in [3.8, 4) is 0 Å². The molecule has 1 unspecified atom stereocenters. The SMILES string of the molecule is CC(N)C(=O)N(C[C@@H]1CCCCN1C)C(C)C. The maximum Gasteiger partial charge on any atom is 0.239 e. The molecule has 2 atom stereocenters. The predicted octanol–water partition coefficient (Wildman–Crippen LogP) is 1.05. The lowest BCUT2D eigenvalue weighted by Crippen LogP contribution is -2.52. The number of amides is 1. The minimum Gasteiger partial charge on any atom is -0.337 e. The largest absolute Gasteiger partial charge is 0.337 e. The number of likely N-dealkylation sites (N-methyl/N-ethyl adjacent to an activating group) is 1. The van der Waals surface area contributed by atoms with E-state index in [0.717, 1.165) is 13.1 Å². The van der Waals surface area contributed by atoms with Crippen LogP contribution in [0.3, 0.4) is 0 Å². The van der Waals surface area contributed by atoms with Crippen LogP contribution in [-0.2, 0) is 4.79 Å². The summed E-state index contributed by atoms with van der Waals surface area (Å²) in [6.45, 7) is 7.84. The van der Waals surface area contributed by atoms with Gasteiger partial charge in [0.25, 0.3) is 0 Å². The Balaban J connectivity index is 2.62. The molecule has 100 valence electrons. The smallest absolute Gasteiger partial charge is 0.239 e. The monoisotopic (exact) mass is 241 g/mol. The molecule has 2 N–H and O–H groups in total. The summed E-state index contributed by atoms with van der Waals surface area (Å²) in [6, 6.07) is 0.323. The van der Waals surface area contributed by atoms with Crippen LogP contribution in [0.1, 0.15) is 40.0 Å². The van der Waals surface area contributed by atoms with Crippen LogP contribution in [-0.4, -0.2) is 54.0 Å². The second kappa shape index (κ2) is 6.36. The van der Waals surface area contributed by atoms with Crippen LogP contribution >= 0.6 is 0 Å². The first-order chi connectivity index (χ1) is 7.93. The van der Waals surface area contributed by atoms with E-state index in [4.69, 9.17) is 5.73 Å². The Kier molecular flexibility index (Phi) is 5.40. The average Bonchev–Trinajstić information content (AvgIpc) is 2.26. The highest BCUT2D eigenvalue weighted by atomic mass is 16.2. The summed E-state index contributed by atoms with van der Waals surface area (Å²) in [4.78, 5) is 16.3. The Morgan fingerprint density at radius 3 is 2.53 bits per heavy atom. The van der Waals surface area contributed by atoms with Crippen molar-refractivity contribution < 1.29 is 4.79 Å². The first-order valence-corrected chi connectivity index (χ1v) is 6.69. The van der Waals surface area contributed by atoms with E-state index in [0.29, 0.717) is 6.04 Å².